The summed E-state index contributed by atoms with van der Waals surface area (Å²) >= 11 is 0. The first-order valence-corrected chi connectivity index (χ1v) is 2.82. The first-order chi connectivity index (χ1) is 5.02. The van der Waals surface area contributed by atoms with Crippen molar-refractivity contribution in [2.45, 2.75) is 13.1 Å². The second-order valence-electron chi connectivity index (χ2n) is 1.54. The van der Waals surface area contributed by atoms with Crippen molar-refractivity contribution in [3.63, 3.8) is 0 Å². The van der Waals surface area contributed by atoms with Gasteiger partial charge in [0.15, 0.2) is 0 Å². The van der Waals surface area contributed by atoms with Gasteiger partial charge in [-0.1, -0.05) is 0 Å². The second kappa shape index (κ2) is 3.95. The number of halogens is 3. The van der Waals surface area contributed by atoms with Crippen molar-refractivity contribution in [1.29, 1.82) is 0 Å². The van der Waals surface area contributed by atoms with E-state index in [1.54, 1.807) is 0 Å². The van der Waals surface area contributed by atoms with Gasteiger partial charge in [0.2, 0.25) is 0 Å². The highest BCUT2D eigenvalue weighted by molar-refractivity contribution is 5.93. The predicted octanol–water partition coefficient (Wildman–Crippen LogP) is 1.17. The molecule has 0 saturated heterocycles. The van der Waals surface area contributed by atoms with Crippen molar-refractivity contribution in [2.24, 2.45) is 10.1 Å². The number of amidine groups is 1. The fourth-order valence-electron chi connectivity index (χ4n) is 0.394. The lowest BCUT2D eigenvalue weighted by atomic mass is 10.6. The van der Waals surface area contributed by atoms with Crippen LogP contribution in [0, 0.1) is 0 Å². The number of alkyl halides is 3. The van der Waals surface area contributed by atoms with E-state index in [-0.39, 0.29) is 0 Å². The quantitative estimate of drug-likeness (QED) is 0.355. The molecule has 0 bridgehead atoms. The smallest absolute Gasteiger partial charge is 0.311 e. The lowest BCUT2D eigenvalue weighted by Gasteiger charge is -2.03. The molecule has 0 saturated carbocycles. The Morgan fingerprint density at radius 1 is 1.45 bits per heavy atom. The van der Waals surface area contributed by atoms with Crippen LogP contribution in [-0.2, 0) is 0 Å². The Balaban J connectivity index is 4.48. The molecular weight excluding hydrogens is 159 g/mol. The van der Waals surface area contributed by atoms with Crippen molar-refractivity contribution in [3.05, 3.63) is 0 Å². The van der Waals surface area contributed by atoms with Crippen LogP contribution in [0.4, 0.5) is 13.2 Å². The Kier molecular flexibility index (Phi) is 3.56. The number of nitrogens with one attached hydrogen (secondary N) is 1. The van der Waals surface area contributed by atoms with Crippen LogP contribution in [0.15, 0.2) is 10.1 Å². The summed E-state index contributed by atoms with van der Waals surface area (Å²) in [6.07, 6.45) is -3.46. The number of aliphatic imine (C=N–C) groups is 1. The summed E-state index contributed by atoms with van der Waals surface area (Å²) in [6, 6.07) is 0. The fourth-order valence-corrected chi connectivity index (χ4v) is 0.394. The lowest BCUT2D eigenvalue weighted by molar-refractivity contribution is -0.0600. The van der Waals surface area contributed by atoms with Gasteiger partial charge < -0.3 is 5.43 Å². The summed E-state index contributed by atoms with van der Waals surface area (Å²) in [5.74, 6) is -1.18. The van der Waals surface area contributed by atoms with Crippen LogP contribution >= 0.6 is 0 Å². The number of hydrogen-bond acceptors (Lipinski definition) is 2. The normalized spacial score (nSPS) is 14.1. The molecule has 0 aromatic heterocycles. The van der Waals surface area contributed by atoms with Gasteiger partial charge in [0.1, 0.15) is 0 Å². The molecular formula is C5H8F3N3. The molecule has 0 aliphatic rings. The van der Waals surface area contributed by atoms with E-state index in [1.165, 1.54) is 14.0 Å². The maximum Gasteiger partial charge on any atom is 0.453 e. The van der Waals surface area contributed by atoms with E-state index in [1.807, 2.05) is 5.43 Å². The maximum atomic E-state index is 11.8. The SMILES string of the molecule is C/C=N\C(=N/NC)C(F)(F)F. The average molecular weight is 167 g/mol. The van der Waals surface area contributed by atoms with Crippen LogP contribution in [0.25, 0.3) is 0 Å². The monoisotopic (exact) mass is 167 g/mol. The van der Waals surface area contributed by atoms with Crippen molar-refractivity contribution >= 4 is 12.1 Å². The van der Waals surface area contributed by atoms with Crippen LogP contribution in [0.5, 0.6) is 0 Å². The van der Waals surface area contributed by atoms with Crippen LogP contribution in [-0.4, -0.2) is 25.3 Å². The van der Waals surface area contributed by atoms with Crippen molar-refractivity contribution in [3.8, 4) is 0 Å². The number of hydrogen-bond donors (Lipinski definition) is 1. The van der Waals surface area contributed by atoms with E-state index in [4.69, 9.17) is 0 Å². The van der Waals surface area contributed by atoms with Crippen LogP contribution in [0.3, 0.4) is 0 Å². The first kappa shape index (κ1) is 9.93. The molecule has 0 aliphatic heterocycles. The van der Waals surface area contributed by atoms with Gasteiger partial charge in [-0.3, -0.25) is 0 Å². The predicted molar refractivity (Wildman–Crippen MR) is 36.7 cm³/mol. The Morgan fingerprint density at radius 2 is 2.00 bits per heavy atom. The van der Waals surface area contributed by atoms with Gasteiger partial charge in [0.05, 0.1) is 0 Å². The van der Waals surface area contributed by atoms with Gasteiger partial charge >= 0.3 is 6.18 Å². The van der Waals surface area contributed by atoms with E-state index < -0.39 is 12.0 Å². The summed E-state index contributed by atoms with van der Waals surface area (Å²) < 4.78 is 35.4. The van der Waals surface area contributed by atoms with Gasteiger partial charge in [-0.05, 0) is 6.92 Å². The molecule has 0 atom stereocenters. The highest BCUT2D eigenvalue weighted by atomic mass is 19.4. The molecule has 3 nitrogen and oxygen atoms in total. The van der Waals surface area contributed by atoms with Gasteiger partial charge in [0.25, 0.3) is 5.84 Å². The molecule has 0 aromatic carbocycles. The molecule has 64 valence electrons. The number of rotatable bonds is 1. The van der Waals surface area contributed by atoms with Crippen LogP contribution < -0.4 is 5.43 Å². The Labute approximate surface area is 62.0 Å². The Morgan fingerprint density at radius 3 is 2.27 bits per heavy atom. The molecule has 1 N–H and O–H groups in total. The highest BCUT2D eigenvalue weighted by Crippen LogP contribution is 2.17. The van der Waals surface area contributed by atoms with Crippen molar-refractivity contribution < 1.29 is 13.2 Å². The van der Waals surface area contributed by atoms with E-state index in [0.717, 1.165) is 6.21 Å². The van der Waals surface area contributed by atoms with Crippen LogP contribution in [0.1, 0.15) is 6.92 Å². The molecule has 0 aliphatic carbocycles. The molecule has 0 fully saturated rings. The Bertz CT molecular complexity index is 170. The lowest BCUT2D eigenvalue weighted by Crippen LogP contribution is -2.23. The minimum Gasteiger partial charge on any atom is -0.311 e. The van der Waals surface area contributed by atoms with Gasteiger partial charge in [-0.15, -0.1) is 0 Å². The third-order valence-corrected chi connectivity index (χ3v) is 0.723. The Hall–Kier alpha value is -1.07. The standard InChI is InChI=1S/C5H8F3N3/c1-3-10-4(11-9-2)5(6,7)8/h3,9H,1-2H3/b10-3-,11-4-. The topological polar surface area (TPSA) is 36.8 Å². The molecule has 0 spiro atoms. The summed E-state index contributed by atoms with van der Waals surface area (Å²) in [7, 11) is 1.27. The summed E-state index contributed by atoms with van der Waals surface area (Å²) in [5, 5.41) is 2.93. The third-order valence-electron chi connectivity index (χ3n) is 0.723. The minimum absolute atomic E-state index is 1.03. The van der Waals surface area contributed by atoms with Crippen molar-refractivity contribution in [1.82, 2.24) is 5.43 Å². The summed E-state index contributed by atoms with van der Waals surface area (Å²) in [4.78, 5) is 3.02. The maximum absolute atomic E-state index is 11.8. The molecule has 6 heteroatoms. The molecule has 0 unspecified atom stereocenters. The highest BCUT2D eigenvalue weighted by Gasteiger charge is 2.35. The molecule has 0 amide bonds. The molecule has 0 rings (SSSR count). The van der Waals surface area contributed by atoms with Crippen LogP contribution in [0.2, 0.25) is 0 Å². The van der Waals surface area contributed by atoms with E-state index >= 15 is 0 Å². The zero-order chi connectivity index (χ0) is 8.91. The van der Waals surface area contributed by atoms with Gasteiger partial charge in [-0.25, -0.2) is 4.99 Å². The van der Waals surface area contributed by atoms with E-state index in [9.17, 15) is 13.2 Å². The fraction of sp³-hybridized carbons (Fsp3) is 0.600. The van der Waals surface area contributed by atoms with E-state index in [0.29, 0.717) is 0 Å². The number of hydrazone groups is 1. The molecule has 0 radical (unpaired) electrons. The summed E-state index contributed by atoms with van der Waals surface area (Å²) in [5.41, 5.74) is 2.01. The largest absolute Gasteiger partial charge is 0.453 e. The molecule has 0 heterocycles. The third kappa shape index (κ3) is 3.59. The van der Waals surface area contributed by atoms with Gasteiger partial charge in [0, 0.05) is 13.3 Å². The van der Waals surface area contributed by atoms with E-state index in [2.05, 4.69) is 10.1 Å². The molecule has 0 aromatic rings. The first-order valence-electron chi connectivity index (χ1n) is 2.82. The minimum atomic E-state index is -4.49. The van der Waals surface area contributed by atoms with Gasteiger partial charge in [-0.2, -0.15) is 18.3 Å². The average Bonchev–Trinajstić information content (AvgIpc) is 1.85. The second-order valence-corrected chi connectivity index (χ2v) is 1.54. The summed E-state index contributed by atoms with van der Waals surface area (Å²) in [6.45, 7) is 1.39. The molecule has 11 heavy (non-hydrogen) atoms. The zero-order valence-electron chi connectivity index (χ0n) is 6.11. The number of nitrogens with zero attached hydrogens (tertiary/aromatic N) is 2. The van der Waals surface area contributed by atoms with Crippen molar-refractivity contribution in [2.75, 3.05) is 7.05 Å². The zero-order valence-corrected chi connectivity index (χ0v) is 6.11.